The van der Waals surface area contributed by atoms with Crippen LogP contribution in [0.2, 0.25) is 0 Å². The maximum atomic E-state index is 5.93. The lowest BCUT2D eigenvalue weighted by atomic mass is 9.92. The lowest BCUT2D eigenvalue weighted by Gasteiger charge is -2.19. The minimum absolute atomic E-state index is 0.688. The van der Waals surface area contributed by atoms with Crippen LogP contribution >= 0.6 is 0 Å². The number of methoxy groups -OCH3 is 5. The number of fused-ring (bicyclic) bond motifs is 2. The topological polar surface area (TPSA) is 50.0 Å². The summed E-state index contributed by atoms with van der Waals surface area (Å²) in [4.78, 5) is 0. The molecule has 0 amide bonds. The minimum atomic E-state index is 0.688. The monoisotopic (exact) mass is 482 g/mol. The summed E-state index contributed by atoms with van der Waals surface area (Å²) in [6, 6.07) is 25.9. The Labute approximate surface area is 210 Å². The number of ether oxygens (including phenoxy) is 5. The number of rotatable bonds is 7. The van der Waals surface area contributed by atoms with Gasteiger partial charge in [0.2, 0.25) is 16.7 Å². The lowest BCUT2D eigenvalue weighted by Crippen LogP contribution is -2.33. The van der Waals surface area contributed by atoms with Crippen LogP contribution in [0, 0.1) is 0 Å². The predicted molar refractivity (Wildman–Crippen MR) is 141 cm³/mol. The van der Waals surface area contributed by atoms with Crippen molar-refractivity contribution in [2.75, 3.05) is 35.5 Å². The van der Waals surface area contributed by atoms with Gasteiger partial charge in [-0.3, -0.25) is 0 Å². The van der Waals surface area contributed by atoms with Gasteiger partial charge in [0.15, 0.2) is 0 Å². The highest BCUT2D eigenvalue weighted by atomic mass is 16.5. The van der Waals surface area contributed by atoms with Gasteiger partial charge in [0, 0.05) is 23.8 Å². The SMILES string of the molecule is COc1cccc(-[n+]2c3cccc(OC)c3c(-c3c(OC)cccc3OC)c3c(OC)cccc32)c1. The Morgan fingerprint density at radius 1 is 0.472 bits per heavy atom. The highest BCUT2D eigenvalue weighted by molar-refractivity contribution is 6.14. The van der Waals surface area contributed by atoms with Gasteiger partial charge in [0.25, 0.3) is 0 Å². The first kappa shape index (κ1) is 23.3. The van der Waals surface area contributed by atoms with E-state index in [1.807, 2.05) is 60.7 Å². The highest BCUT2D eigenvalue weighted by Crippen LogP contribution is 2.49. The van der Waals surface area contributed by atoms with E-state index in [-0.39, 0.29) is 0 Å². The summed E-state index contributed by atoms with van der Waals surface area (Å²) in [6.45, 7) is 0. The molecule has 1 aromatic heterocycles. The van der Waals surface area contributed by atoms with Crippen LogP contribution in [-0.2, 0) is 0 Å². The number of benzene rings is 4. The molecule has 6 nitrogen and oxygen atoms in total. The third-order valence-electron chi connectivity index (χ3n) is 6.42. The average Bonchev–Trinajstić information content (AvgIpc) is 2.94. The minimum Gasteiger partial charge on any atom is -0.497 e. The molecule has 0 aliphatic carbocycles. The fourth-order valence-corrected chi connectivity index (χ4v) is 4.88. The zero-order valence-corrected chi connectivity index (χ0v) is 21.0. The van der Waals surface area contributed by atoms with Gasteiger partial charge in [0.05, 0.1) is 58.0 Å². The molecule has 0 fully saturated rings. The second kappa shape index (κ2) is 9.66. The second-order valence-electron chi connectivity index (χ2n) is 8.16. The third-order valence-corrected chi connectivity index (χ3v) is 6.42. The van der Waals surface area contributed by atoms with Gasteiger partial charge in [-0.2, -0.15) is 4.57 Å². The number of pyridine rings is 1. The molecule has 6 heteroatoms. The van der Waals surface area contributed by atoms with Crippen molar-refractivity contribution < 1.29 is 28.3 Å². The van der Waals surface area contributed by atoms with Gasteiger partial charge in [-0.05, 0) is 30.3 Å². The molecule has 0 aliphatic heterocycles. The quantitative estimate of drug-likeness (QED) is 0.211. The Hall–Kier alpha value is -4.45. The standard InChI is InChI=1S/C30H28NO5/c1-32-20-11-6-10-19(18-20)31-21-12-7-14-23(33-2)27(21)30(28-22(31)13-8-15-24(28)34-3)29-25(35-4)16-9-17-26(29)36-5/h6-18H,1-5H3/q+1. The van der Waals surface area contributed by atoms with Crippen LogP contribution in [-0.4, -0.2) is 35.5 Å². The number of hydrogen-bond donors (Lipinski definition) is 0. The molecule has 0 bridgehead atoms. The van der Waals surface area contributed by atoms with Gasteiger partial charge in [0.1, 0.15) is 28.7 Å². The molecule has 0 spiro atoms. The molecule has 5 rings (SSSR count). The van der Waals surface area contributed by atoms with Crippen molar-refractivity contribution in [3.05, 3.63) is 78.9 Å². The van der Waals surface area contributed by atoms with E-state index in [2.05, 4.69) is 22.8 Å². The van der Waals surface area contributed by atoms with Gasteiger partial charge < -0.3 is 23.7 Å². The van der Waals surface area contributed by atoms with Crippen molar-refractivity contribution >= 4 is 21.8 Å². The smallest absolute Gasteiger partial charge is 0.223 e. The number of hydrogen-bond acceptors (Lipinski definition) is 5. The summed E-state index contributed by atoms with van der Waals surface area (Å²) < 4.78 is 31.3. The molecule has 0 atom stereocenters. The van der Waals surface area contributed by atoms with Crippen molar-refractivity contribution in [2.45, 2.75) is 0 Å². The van der Waals surface area contributed by atoms with Crippen molar-refractivity contribution in [1.82, 2.24) is 0 Å². The molecular weight excluding hydrogens is 454 g/mol. The summed E-state index contributed by atoms with van der Waals surface area (Å²) in [6.07, 6.45) is 0. The molecule has 182 valence electrons. The van der Waals surface area contributed by atoms with Gasteiger partial charge in [-0.25, -0.2) is 0 Å². The van der Waals surface area contributed by atoms with Crippen LogP contribution in [0.4, 0.5) is 0 Å². The zero-order chi connectivity index (χ0) is 25.2. The first-order chi connectivity index (χ1) is 17.7. The molecule has 0 unspecified atom stereocenters. The molecule has 0 N–H and O–H groups in total. The Balaban J connectivity index is 2.10. The van der Waals surface area contributed by atoms with Crippen LogP contribution in [0.25, 0.3) is 38.6 Å². The van der Waals surface area contributed by atoms with Crippen LogP contribution in [0.5, 0.6) is 28.7 Å². The molecule has 36 heavy (non-hydrogen) atoms. The Kier molecular flexibility index (Phi) is 6.25. The van der Waals surface area contributed by atoms with Gasteiger partial charge in [-0.15, -0.1) is 0 Å². The molecule has 4 aromatic carbocycles. The Bertz CT molecular complexity index is 1490. The Morgan fingerprint density at radius 3 is 1.44 bits per heavy atom. The molecule has 0 saturated heterocycles. The van der Waals surface area contributed by atoms with E-state index in [0.29, 0.717) is 11.5 Å². The van der Waals surface area contributed by atoms with E-state index < -0.39 is 0 Å². The summed E-state index contributed by atoms with van der Waals surface area (Å²) in [7, 11) is 8.36. The maximum absolute atomic E-state index is 5.93. The van der Waals surface area contributed by atoms with E-state index in [9.17, 15) is 0 Å². The number of aromatic nitrogens is 1. The maximum Gasteiger partial charge on any atom is 0.223 e. The fraction of sp³-hybridized carbons (Fsp3) is 0.167. The predicted octanol–water partition coefficient (Wildman–Crippen LogP) is 5.98. The van der Waals surface area contributed by atoms with Crippen molar-refractivity contribution in [3.8, 4) is 45.6 Å². The molecule has 1 heterocycles. The highest BCUT2D eigenvalue weighted by Gasteiger charge is 2.30. The first-order valence-electron chi connectivity index (χ1n) is 11.5. The summed E-state index contributed by atoms with van der Waals surface area (Å²) in [5, 5.41) is 1.81. The van der Waals surface area contributed by atoms with E-state index in [4.69, 9.17) is 23.7 Å². The molecule has 0 saturated carbocycles. The van der Waals surface area contributed by atoms with Crippen LogP contribution < -0.4 is 28.3 Å². The van der Waals surface area contributed by atoms with E-state index in [1.54, 1.807) is 35.5 Å². The summed E-state index contributed by atoms with van der Waals surface area (Å²) in [5.74, 6) is 3.59. The van der Waals surface area contributed by atoms with E-state index in [0.717, 1.165) is 55.9 Å². The van der Waals surface area contributed by atoms with Crippen LogP contribution in [0.15, 0.2) is 78.9 Å². The lowest BCUT2D eigenvalue weighted by molar-refractivity contribution is -0.538. The molecule has 0 aliphatic rings. The van der Waals surface area contributed by atoms with Gasteiger partial charge >= 0.3 is 0 Å². The summed E-state index contributed by atoms with van der Waals surface area (Å²) in [5.41, 5.74) is 4.58. The van der Waals surface area contributed by atoms with E-state index in [1.165, 1.54) is 0 Å². The fourth-order valence-electron chi connectivity index (χ4n) is 4.88. The Morgan fingerprint density at radius 2 is 0.944 bits per heavy atom. The van der Waals surface area contributed by atoms with Crippen molar-refractivity contribution in [2.24, 2.45) is 0 Å². The van der Waals surface area contributed by atoms with Crippen LogP contribution in [0.1, 0.15) is 0 Å². The van der Waals surface area contributed by atoms with Crippen LogP contribution in [0.3, 0.4) is 0 Å². The second-order valence-corrected chi connectivity index (χ2v) is 8.16. The van der Waals surface area contributed by atoms with E-state index >= 15 is 0 Å². The van der Waals surface area contributed by atoms with Crippen molar-refractivity contribution in [1.29, 1.82) is 0 Å². The summed E-state index contributed by atoms with van der Waals surface area (Å²) >= 11 is 0. The largest absolute Gasteiger partial charge is 0.497 e. The zero-order valence-electron chi connectivity index (χ0n) is 21.0. The normalized spacial score (nSPS) is 10.9. The average molecular weight is 483 g/mol. The first-order valence-corrected chi connectivity index (χ1v) is 11.5. The molecular formula is C30H28NO5+. The molecule has 0 radical (unpaired) electrons. The number of nitrogens with zero attached hydrogens (tertiary/aromatic N) is 1. The van der Waals surface area contributed by atoms with Gasteiger partial charge in [-0.1, -0.05) is 24.3 Å². The third kappa shape index (κ3) is 3.62. The van der Waals surface area contributed by atoms with Crippen molar-refractivity contribution in [3.63, 3.8) is 0 Å². The molecule has 5 aromatic rings.